The summed E-state index contributed by atoms with van der Waals surface area (Å²) in [6, 6.07) is 5.32. The molecule has 4 nitrogen and oxygen atoms in total. The highest BCUT2D eigenvalue weighted by atomic mass is 19.4. The molecule has 0 aliphatic rings. The van der Waals surface area contributed by atoms with E-state index in [4.69, 9.17) is 4.74 Å². The van der Waals surface area contributed by atoms with Crippen molar-refractivity contribution in [3.63, 3.8) is 0 Å². The molecule has 0 atom stereocenters. The number of rotatable bonds is 3. The minimum atomic E-state index is -5.15. The highest BCUT2D eigenvalue weighted by Gasteiger charge is 2.43. The molecule has 10 heteroatoms. The second-order valence-corrected chi connectivity index (χ2v) is 4.51. The third-order valence-electron chi connectivity index (χ3n) is 2.95. The van der Waals surface area contributed by atoms with Crippen LogP contribution in [0.1, 0.15) is 11.5 Å². The lowest BCUT2D eigenvalue weighted by atomic mass is 10.0. The fourth-order valence-electron chi connectivity index (χ4n) is 1.96. The molecule has 0 aliphatic carbocycles. The topological polar surface area (TPSA) is 44.2 Å². The Morgan fingerprint density at radius 2 is 1.54 bits per heavy atom. The van der Waals surface area contributed by atoms with Gasteiger partial charge in [-0.25, -0.2) is 4.98 Å². The molecule has 1 aromatic carbocycles. The summed E-state index contributed by atoms with van der Waals surface area (Å²) in [5.41, 5.74) is -2.53. The number of alkyl halides is 6. The summed E-state index contributed by atoms with van der Waals surface area (Å²) in [5, 5.41) is 0. The zero-order valence-corrected chi connectivity index (χ0v) is 12.3. The number of methoxy groups -OCH3 is 2. The van der Waals surface area contributed by atoms with Crippen LogP contribution in [-0.4, -0.2) is 24.2 Å². The van der Waals surface area contributed by atoms with Gasteiger partial charge in [0.2, 0.25) is 11.7 Å². The quantitative estimate of drug-likeness (QED) is 0.777. The van der Waals surface area contributed by atoms with E-state index >= 15 is 0 Å². The lowest BCUT2D eigenvalue weighted by molar-refractivity contribution is -0.152. The van der Waals surface area contributed by atoms with Crippen molar-refractivity contribution in [2.24, 2.45) is 0 Å². The van der Waals surface area contributed by atoms with Crippen LogP contribution in [-0.2, 0) is 12.4 Å². The average Bonchev–Trinajstić information content (AvgIpc) is 2.51. The first-order chi connectivity index (χ1) is 11.1. The number of ether oxygens (including phenoxy) is 2. The molecule has 0 spiro atoms. The molecule has 1 heterocycles. The predicted octanol–water partition coefficient (Wildman–Crippen LogP) is 4.20. The number of hydrogen-bond donors (Lipinski definition) is 0. The van der Waals surface area contributed by atoms with Crippen LogP contribution in [0.2, 0.25) is 0 Å². The molecular formula is C14H10F6N2O2. The Morgan fingerprint density at radius 1 is 0.875 bits per heavy atom. The molecule has 0 fully saturated rings. The maximum atomic E-state index is 13.3. The molecule has 2 aromatic rings. The standard InChI is InChI=1S/C14H10F6N2O2/c1-23-8-5-3-4-7(6-8)9-10(13(15,16)17)21-12(14(18,19)20)22-11(9)24-2/h3-6H,1-2H3. The Hall–Kier alpha value is -2.52. The summed E-state index contributed by atoms with van der Waals surface area (Å²) in [6.45, 7) is 0. The van der Waals surface area contributed by atoms with Crippen molar-refractivity contribution >= 4 is 0 Å². The van der Waals surface area contributed by atoms with Crippen molar-refractivity contribution in [3.05, 3.63) is 35.8 Å². The minimum absolute atomic E-state index is 0.0905. The van der Waals surface area contributed by atoms with Crippen molar-refractivity contribution in [2.45, 2.75) is 12.4 Å². The molecule has 0 N–H and O–H groups in total. The molecule has 2 rings (SSSR count). The summed E-state index contributed by atoms with van der Waals surface area (Å²) in [4.78, 5) is 5.74. The van der Waals surface area contributed by atoms with E-state index in [9.17, 15) is 26.3 Å². The molecule has 0 amide bonds. The highest BCUT2D eigenvalue weighted by Crippen LogP contribution is 2.42. The van der Waals surface area contributed by atoms with Gasteiger partial charge in [-0.15, -0.1) is 0 Å². The number of halogens is 6. The fourth-order valence-corrected chi connectivity index (χ4v) is 1.96. The number of aromatic nitrogens is 2. The van der Waals surface area contributed by atoms with Crippen molar-refractivity contribution in [1.82, 2.24) is 9.97 Å². The SMILES string of the molecule is COc1cccc(-c2c(OC)nc(C(F)(F)F)nc2C(F)(F)F)c1. The van der Waals surface area contributed by atoms with Gasteiger partial charge in [-0.2, -0.15) is 31.3 Å². The van der Waals surface area contributed by atoms with Crippen LogP contribution in [0.5, 0.6) is 11.6 Å². The summed E-state index contributed by atoms with van der Waals surface area (Å²) in [7, 11) is 2.22. The van der Waals surface area contributed by atoms with E-state index in [2.05, 4.69) is 14.7 Å². The van der Waals surface area contributed by atoms with Gasteiger partial charge < -0.3 is 9.47 Å². The second-order valence-electron chi connectivity index (χ2n) is 4.51. The maximum absolute atomic E-state index is 13.3. The van der Waals surface area contributed by atoms with Crippen LogP contribution in [0.25, 0.3) is 11.1 Å². The van der Waals surface area contributed by atoms with Crippen molar-refractivity contribution in [2.75, 3.05) is 14.2 Å². The van der Waals surface area contributed by atoms with E-state index in [-0.39, 0.29) is 11.3 Å². The van der Waals surface area contributed by atoms with Crippen molar-refractivity contribution in [3.8, 4) is 22.8 Å². The number of hydrogen-bond acceptors (Lipinski definition) is 4. The third kappa shape index (κ3) is 3.52. The maximum Gasteiger partial charge on any atom is 0.451 e. The normalized spacial score (nSPS) is 12.2. The Bertz CT molecular complexity index is 743. The van der Waals surface area contributed by atoms with Gasteiger partial charge in [-0.1, -0.05) is 12.1 Å². The Morgan fingerprint density at radius 3 is 2.04 bits per heavy atom. The molecule has 0 unspecified atom stereocenters. The molecule has 0 aliphatic heterocycles. The van der Waals surface area contributed by atoms with Gasteiger partial charge >= 0.3 is 12.4 Å². The van der Waals surface area contributed by atoms with Gasteiger partial charge in [-0.3, -0.25) is 0 Å². The van der Waals surface area contributed by atoms with Gasteiger partial charge in [0, 0.05) is 0 Å². The van der Waals surface area contributed by atoms with Crippen LogP contribution in [0.4, 0.5) is 26.3 Å². The fraction of sp³-hybridized carbons (Fsp3) is 0.286. The van der Waals surface area contributed by atoms with E-state index in [0.29, 0.717) is 0 Å². The van der Waals surface area contributed by atoms with Crippen LogP contribution >= 0.6 is 0 Å². The second kappa shape index (κ2) is 6.17. The van der Waals surface area contributed by atoms with Gasteiger partial charge in [0.15, 0.2) is 5.69 Å². The molecule has 0 saturated carbocycles. The summed E-state index contributed by atoms with van der Waals surface area (Å²) < 4.78 is 87.6. The van der Waals surface area contributed by atoms with Crippen LogP contribution in [0.15, 0.2) is 24.3 Å². The highest BCUT2D eigenvalue weighted by molar-refractivity contribution is 5.72. The Kier molecular flexibility index (Phi) is 4.59. The largest absolute Gasteiger partial charge is 0.497 e. The van der Waals surface area contributed by atoms with Crippen LogP contribution in [0.3, 0.4) is 0 Å². The summed E-state index contributed by atoms with van der Waals surface area (Å²) in [6.07, 6.45) is -10.3. The predicted molar refractivity (Wildman–Crippen MR) is 70.6 cm³/mol. The third-order valence-corrected chi connectivity index (χ3v) is 2.95. The van der Waals surface area contributed by atoms with E-state index in [1.165, 1.54) is 31.4 Å². The molecule has 130 valence electrons. The zero-order chi connectivity index (χ0) is 18.1. The first-order valence-electron chi connectivity index (χ1n) is 6.32. The Balaban J connectivity index is 2.82. The number of nitrogens with zero attached hydrogens (tertiary/aromatic N) is 2. The molecule has 1 aromatic heterocycles. The first-order valence-corrected chi connectivity index (χ1v) is 6.32. The molecule has 0 bridgehead atoms. The Labute approximate surface area is 132 Å². The smallest absolute Gasteiger partial charge is 0.451 e. The van der Waals surface area contributed by atoms with Gasteiger partial charge in [0.25, 0.3) is 0 Å². The van der Waals surface area contributed by atoms with E-state index in [0.717, 1.165) is 7.11 Å². The van der Waals surface area contributed by atoms with Gasteiger partial charge in [0.1, 0.15) is 5.75 Å². The summed E-state index contributed by atoms with van der Waals surface area (Å²) >= 11 is 0. The molecule has 0 saturated heterocycles. The van der Waals surface area contributed by atoms with Crippen LogP contribution < -0.4 is 9.47 Å². The van der Waals surface area contributed by atoms with Crippen molar-refractivity contribution in [1.29, 1.82) is 0 Å². The van der Waals surface area contributed by atoms with Gasteiger partial charge in [0.05, 0.1) is 19.8 Å². The molecule has 0 radical (unpaired) electrons. The number of benzene rings is 1. The lowest BCUT2D eigenvalue weighted by Gasteiger charge is -2.17. The monoisotopic (exact) mass is 352 g/mol. The van der Waals surface area contributed by atoms with Crippen LogP contribution in [0, 0.1) is 0 Å². The van der Waals surface area contributed by atoms with E-state index in [1.807, 2.05) is 0 Å². The minimum Gasteiger partial charge on any atom is -0.497 e. The van der Waals surface area contributed by atoms with E-state index < -0.39 is 35.3 Å². The molecular weight excluding hydrogens is 342 g/mol. The lowest BCUT2D eigenvalue weighted by Crippen LogP contribution is -2.19. The summed E-state index contributed by atoms with van der Waals surface area (Å²) in [5.74, 6) is -2.56. The first kappa shape index (κ1) is 17.8. The van der Waals surface area contributed by atoms with E-state index in [1.54, 1.807) is 0 Å². The van der Waals surface area contributed by atoms with Crippen molar-refractivity contribution < 1.29 is 35.8 Å². The zero-order valence-electron chi connectivity index (χ0n) is 12.3. The average molecular weight is 352 g/mol. The molecule has 24 heavy (non-hydrogen) atoms. The van der Waals surface area contributed by atoms with Gasteiger partial charge in [-0.05, 0) is 17.7 Å².